The highest BCUT2D eigenvalue weighted by molar-refractivity contribution is 6.74. The van der Waals surface area contributed by atoms with Gasteiger partial charge in [0, 0.05) is 6.20 Å². The molecule has 1 aromatic rings. The fraction of sp³-hybridized carbons (Fsp3) is 0.667. The molecule has 3 nitrogen and oxygen atoms in total. The summed E-state index contributed by atoms with van der Waals surface area (Å²) in [7, 11) is -1.65. The molecular weight excluding hydrogens is 290 g/mol. The van der Waals surface area contributed by atoms with Gasteiger partial charge in [-0.25, -0.2) is 0 Å². The van der Waals surface area contributed by atoms with Crippen molar-refractivity contribution in [1.82, 2.24) is 4.98 Å². The molecule has 0 saturated carbocycles. The van der Waals surface area contributed by atoms with Crippen LogP contribution >= 0.6 is 11.6 Å². The minimum atomic E-state index is -1.65. The molecule has 0 aliphatic rings. The van der Waals surface area contributed by atoms with Crippen LogP contribution in [0.4, 0.5) is 0 Å². The maximum atomic E-state index is 6.05. The van der Waals surface area contributed by atoms with Crippen LogP contribution in [0.3, 0.4) is 0 Å². The smallest absolute Gasteiger partial charge is 0.192 e. The van der Waals surface area contributed by atoms with Crippen LogP contribution in [0.5, 0.6) is 0 Å². The Labute approximate surface area is 128 Å². The molecule has 0 aliphatic carbocycles. The van der Waals surface area contributed by atoms with Crippen molar-refractivity contribution in [3.63, 3.8) is 0 Å². The number of hydrogen-bond donors (Lipinski definition) is 0. The average molecular weight is 316 g/mol. The number of nitrogens with zero attached hydrogens (tertiary/aromatic N) is 1. The Morgan fingerprint density at radius 1 is 1.20 bits per heavy atom. The van der Waals surface area contributed by atoms with Crippen molar-refractivity contribution in [3.8, 4) is 0 Å². The molecule has 0 atom stereocenters. The topological polar surface area (TPSA) is 31.4 Å². The van der Waals surface area contributed by atoms with Crippen molar-refractivity contribution in [2.75, 3.05) is 13.2 Å². The molecule has 1 aromatic heterocycles. The van der Waals surface area contributed by atoms with Gasteiger partial charge in [-0.2, -0.15) is 0 Å². The van der Waals surface area contributed by atoms with Crippen LogP contribution in [0.25, 0.3) is 0 Å². The summed E-state index contributed by atoms with van der Waals surface area (Å²) in [6, 6.07) is 3.93. The minimum absolute atomic E-state index is 0.244. The first-order chi connectivity index (χ1) is 9.26. The molecule has 0 aliphatic heterocycles. The predicted molar refractivity (Wildman–Crippen MR) is 86.6 cm³/mol. The first kappa shape index (κ1) is 17.6. The van der Waals surface area contributed by atoms with E-state index in [1.54, 1.807) is 0 Å². The predicted octanol–water partition coefficient (Wildman–Crippen LogP) is 4.36. The van der Waals surface area contributed by atoms with E-state index in [1.165, 1.54) is 0 Å². The van der Waals surface area contributed by atoms with E-state index >= 15 is 0 Å². The molecule has 5 heteroatoms. The van der Waals surface area contributed by atoms with Crippen LogP contribution < -0.4 is 0 Å². The molecule has 1 rings (SSSR count). The van der Waals surface area contributed by atoms with E-state index in [9.17, 15) is 0 Å². The van der Waals surface area contributed by atoms with E-state index in [2.05, 4.69) is 38.8 Å². The lowest BCUT2D eigenvalue weighted by molar-refractivity contribution is 0.0844. The minimum Gasteiger partial charge on any atom is -0.414 e. The van der Waals surface area contributed by atoms with Gasteiger partial charge in [-0.1, -0.05) is 26.8 Å². The summed E-state index contributed by atoms with van der Waals surface area (Å²) in [5, 5.41) is 0.244. The van der Waals surface area contributed by atoms with Gasteiger partial charge in [0.1, 0.15) is 0 Å². The van der Waals surface area contributed by atoms with Crippen molar-refractivity contribution in [2.45, 2.75) is 51.4 Å². The largest absolute Gasteiger partial charge is 0.414 e. The van der Waals surface area contributed by atoms with E-state index in [0.29, 0.717) is 25.7 Å². The molecule has 0 amide bonds. The van der Waals surface area contributed by atoms with E-state index in [0.717, 1.165) is 11.3 Å². The van der Waals surface area contributed by atoms with Crippen LogP contribution in [0.1, 0.15) is 32.0 Å². The number of halogens is 1. The lowest BCUT2D eigenvalue weighted by atomic mass is 10.2. The van der Waals surface area contributed by atoms with Gasteiger partial charge < -0.3 is 9.16 Å². The summed E-state index contributed by atoms with van der Waals surface area (Å²) in [5.74, 6) is 0.446. The molecular formula is C15H26ClNO2Si. The maximum absolute atomic E-state index is 6.05. The Morgan fingerprint density at radius 3 is 2.40 bits per heavy atom. The van der Waals surface area contributed by atoms with E-state index in [1.807, 2.05) is 18.3 Å². The van der Waals surface area contributed by atoms with Crippen molar-refractivity contribution in [2.24, 2.45) is 0 Å². The number of aromatic nitrogens is 1. The van der Waals surface area contributed by atoms with Crippen molar-refractivity contribution < 1.29 is 9.16 Å². The fourth-order valence-electron chi connectivity index (χ4n) is 1.38. The first-order valence-electron chi connectivity index (χ1n) is 6.98. The van der Waals surface area contributed by atoms with Crippen molar-refractivity contribution >= 4 is 19.9 Å². The molecule has 0 N–H and O–H groups in total. The Balaban J connectivity index is 2.25. The maximum Gasteiger partial charge on any atom is 0.192 e. The van der Waals surface area contributed by atoms with Gasteiger partial charge in [0.15, 0.2) is 8.32 Å². The summed E-state index contributed by atoms with van der Waals surface area (Å²) in [4.78, 5) is 4.23. The molecule has 0 radical (unpaired) electrons. The second-order valence-corrected chi connectivity index (χ2v) is 11.5. The van der Waals surface area contributed by atoms with Gasteiger partial charge in [0.05, 0.1) is 31.4 Å². The molecule has 20 heavy (non-hydrogen) atoms. The van der Waals surface area contributed by atoms with Gasteiger partial charge in [-0.15, -0.1) is 11.6 Å². The molecule has 0 fully saturated rings. The third-order valence-corrected chi connectivity index (χ3v) is 8.60. The third-order valence-electron chi connectivity index (χ3n) is 3.79. The second kappa shape index (κ2) is 7.55. The normalized spacial score (nSPS) is 12.7. The fourth-order valence-corrected chi connectivity index (χ4v) is 2.57. The number of rotatable bonds is 7. The summed E-state index contributed by atoms with van der Waals surface area (Å²) >= 11 is 5.70. The molecule has 114 valence electrons. The lowest BCUT2D eigenvalue weighted by Crippen LogP contribution is -2.41. The van der Waals surface area contributed by atoms with Crippen LogP contribution in [0, 0.1) is 0 Å². The molecule has 0 aromatic carbocycles. The second-order valence-electron chi connectivity index (χ2n) is 6.45. The Kier molecular flexibility index (Phi) is 6.65. The highest BCUT2D eigenvalue weighted by Crippen LogP contribution is 2.36. The monoisotopic (exact) mass is 315 g/mol. The number of pyridine rings is 1. The van der Waals surface area contributed by atoms with Gasteiger partial charge in [0.2, 0.25) is 0 Å². The third kappa shape index (κ3) is 5.52. The Hall–Kier alpha value is -0.423. The van der Waals surface area contributed by atoms with Crippen LogP contribution in [0.2, 0.25) is 18.1 Å². The van der Waals surface area contributed by atoms with Crippen molar-refractivity contribution in [3.05, 3.63) is 29.6 Å². The zero-order chi connectivity index (χ0) is 15.2. The van der Waals surface area contributed by atoms with Gasteiger partial charge in [0.25, 0.3) is 0 Å². The molecule has 0 bridgehead atoms. The van der Waals surface area contributed by atoms with Gasteiger partial charge in [-0.05, 0) is 29.8 Å². The highest BCUT2D eigenvalue weighted by atomic mass is 35.5. The number of hydrogen-bond acceptors (Lipinski definition) is 3. The zero-order valence-corrected chi connectivity index (χ0v) is 15.0. The molecule has 0 saturated heterocycles. The summed E-state index contributed by atoms with van der Waals surface area (Å²) in [6.45, 7) is 13.1. The lowest BCUT2D eigenvalue weighted by Gasteiger charge is -2.36. The van der Waals surface area contributed by atoms with Crippen LogP contribution in [0.15, 0.2) is 18.3 Å². The Morgan fingerprint density at radius 2 is 1.90 bits per heavy atom. The summed E-state index contributed by atoms with van der Waals surface area (Å²) in [6.07, 6.45) is 1.81. The standard InChI is InChI=1S/C15H26ClNO2Si/c1-15(2,3)20(4,5)19-9-8-18-12-13-6-7-14(10-16)17-11-13/h6-7,11H,8-10,12H2,1-5H3. The molecule has 0 unspecified atom stereocenters. The average Bonchev–Trinajstić information content (AvgIpc) is 2.37. The van der Waals surface area contributed by atoms with Gasteiger partial charge in [-0.3, -0.25) is 4.98 Å². The van der Waals surface area contributed by atoms with E-state index < -0.39 is 8.32 Å². The Bertz CT molecular complexity index is 401. The van der Waals surface area contributed by atoms with Crippen LogP contribution in [-0.2, 0) is 21.6 Å². The highest BCUT2D eigenvalue weighted by Gasteiger charge is 2.36. The van der Waals surface area contributed by atoms with Crippen molar-refractivity contribution in [1.29, 1.82) is 0 Å². The van der Waals surface area contributed by atoms with E-state index in [-0.39, 0.29) is 5.04 Å². The number of alkyl halides is 1. The zero-order valence-electron chi connectivity index (χ0n) is 13.2. The SMILES string of the molecule is CC(C)(C)[Si](C)(C)OCCOCc1ccc(CCl)nc1. The van der Waals surface area contributed by atoms with Gasteiger partial charge >= 0.3 is 0 Å². The quantitative estimate of drug-likeness (QED) is 0.425. The molecule has 1 heterocycles. The van der Waals surface area contributed by atoms with E-state index in [4.69, 9.17) is 20.8 Å². The molecule has 0 spiro atoms. The first-order valence-corrected chi connectivity index (χ1v) is 10.4. The van der Waals surface area contributed by atoms with Crippen LogP contribution in [-0.4, -0.2) is 26.5 Å². The summed E-state index contributed by atoms with van der Waals surface area (Å²) < 4.78 is 11.7. The number of ether oxygens (including phenoxy) is 1. The summed E-state index contributed by atoms with van der Waals surface area (Å²) in [5.41, 5.74) is 1.95.